The molecule has 0 N–H and O–H groups in total. The summed E-state index contributed by atoms with van der Waals surface area (Å²) >= 11 is 0. The SMILES string of the molecule is COc1ccc(OCC(=O)N(C)Cc2nnc(-c3ccc(C)cc3)o2)cc1. The largest absolute Gasteiger partial charge is 0.497 e. The Morgan fingerprint density at radius 1 is 1.04 bits per heavy atom. The van der Waals surface area contributed by atoms with Gasteiger partial charge in [-0.25, -0.2) is 0 Å². The molecule has 2 aromatic carbocycles. The number of amides is 1. The van der Waals surface area contributed by atoms with E-state index in [2.05, 4.69) is 10.2 Å². The Hall–Kier alpha value is -3.35. The van der Waals surface area contributed by atoms with Gasteiger partial charge in [0.25, 0.3) is 5.91 Å². The summed E-state index contributed by atoms with van der Waals surface area (Å²) in [6.07, 6.45) is 0. The molecule has 3 aromatic rings. The molecular formula is C20H21N3O4. The fourth-order valence-corrected chi connectivity index (χ4v) is 2.35. The van der Waals surface area contributed by atoms with Gasteiger partial charge in [-0.05, 0) is 43.3 Å². The van der Waals surface area contributed by atoms with Gasteiger partial charge in [-0.15, -0.1) is 10.2 Å². The molecule has 140 valence electrons. The van der Waals surface area contributed by atoms with Gasteiger partial charge in [-0.3, -0.25) is 4.79 Å². The molecule has 0 atom stereocenters. The van der Waals surface area contributed by atoms with E-state index in [4.69, 9.17) is 13.9 Å². The van der Waals surface area contributed by atoms with E-state index in [9.17, 15) is 4.79 Å². The molecule has 1 aromatic heterocycles. The molecule has 0 aliphatic carbocycles. The number of methoxy groups -OCH3 is 1. The fraction of sp³-hybridized carbons (Fsp3) is 0.250. The first-order valence-electron chi connectivity index (χ1n) is 8.45. The van der Waals surface area contributed by atoms with Crippen molar-refractivity contribution in [1.82, 2.24) is 15.1 Å². The highest BCUT2D eigenvalue weighted by atomic mass is 16.5. The van der Waals surface area contributed by atoms with Gasteiger partial charge in [0, 0.05) is 12.6 Å². The van der Waals surface area contributed by atoms with Crippen LogP contribution in [0.3, 0.4) is 0 Å². The Labute approximate surface area is 157 Å². The zero-order valence-corrected chi connectivity index (χ0v) is 15.5. The topological polar surface area (TPSA) is 77.7 Å². The number of benzene rings is 2. The Bertz CT molecular complexity index is 888. The van der Waals surface area contributed by atoms with Crippen LogP contribution in [0, 0.1) is 6.92 Å². The number of hydrogen-bond donors (Lipinski definition) is 0. The summed E-state index contributed by atoms with van der Waals surface area (Å²) in [7, 11) is 3.26. The molecular weight excluding hydrogens is 346 g/mol. The van der Waals surface area contributed by atoms with Crippen LogP contribution in [0.25, 0.3) is 11.5 Å². The van der Waals surface area contributed by atoms with Crippen LogP contribution in [0.1, 0.15) is 11.5 Å². The van der Waals surface area contributed by atoms with Gasteiger partial charge in [0.15, 0.2) is 6.61 Å². The predicted octanol–water partition coefficient (Wildman–Crippen LogP) is 3.09. The van der Waals surface area contributed by atoms with Crippen molar-refractivity contribution in [2.75, 3.05) is 20.8 Å². The van der Waals surface area contributed by atoms with E-state index in [1.165, 1.54) is 4.90 Å². The molecule has 7 heteroatoms. The number of carbonyl (C=O) groups is 1. The van der Waals surface area contributed by atoms with E-state index in [1.54, 1.807) is 38.4 Å². The third kappa shape index (κ3) is 4.84. The van der Waals surface area contributed by atoms with Crippen molar-refractivity contribution in [3.63, 3.8) is 0 Å². The van der Waals surface area contributed by atoms with E-state index in [1.807, 2.05) is 31.2 Å². The molecule has 7 nitrogen and oxygen atoms in total. The lowest BCUT2D eigenvalue weighted by molar-refractivity contribution is -0.132. The lowest BCUT2D eigenvalue weighted by atomic mass is 10.1. The first-order chi connectivity index (χ1) is 13.0. The minimum atomic E-state index is -0.194. The molecule has 0 aliphatic heterocycles. The first-order valence-corrected chi connectivity index (χ1v) is 8.45. The van der Waals surface area contributed by atoms with Gasteiger partial charge in [0.2, 0.25) is 11.8 Å². The smallest absolute Gasteiger partial charge is 0.260 e. The highest BCUT2D eigenvalue weighted by Crippen LogP contribution is 2.19. The van der Waals surface area contributed by atoms with E-state index < -0.39 is 0 Å². The molecule has 27 heavy (non-hydrogen) atoms. The molecule has 0 saturated heterocycles. The average Bonchev–Trinajstić information content (AvgIpc) is 3.15. The van der Waals surface area contributed by atoms with Crippen LogP contribution in [0.5, 0.6) is 11.5 Å². The van der Waals surface area contributed by atoms with E-state index in [0.29, 0.717) is 17.5 Å². The first kappa shape index (κ1) is 18.4. The zero-order valence-electron chi connectivity index (χ0n) is 15.5. The van der Waals surface area contributed by atoms with Crippen LogP contribution in [-0.4, -0.2) is 41.8 Å². The maximum Gasteiger partial charge on any atom is 0.260 e. The number of aromatic nitrogens is 2. The lowest BCUT2D eigenvalue weighted by Gasteiger charge is -2.15. The maximum absolute atomic E-state index is 12.2. The number of aryl methyl sites for hydroxylation is 1. The number of hydrogen-bond acceptors (Lipinski definition) is 6. The Morgan fingerprint density at radius 3 is 2.37 bits per heavy atom. The highest BCUT2D eigenvalue weighted by Gasteiger charge is 2.15. The Balaban J connectivity index is 1.54. The third-order valence-electron chi connectivity index (χ3n) is 3.99. The van der Waals surface area contributed by atoms with Crippen LogP contribution in [0.4, 0.5) is 0 Å². The standard InChI is InChI=1S/C20H21N3O4/c1-14-4-6-15(7-5-14)20-22-21-18(27-20)12-23(2)19(24)13-26-17-10-8-16(25-3)9-11-17/h4-11H,12-13H2,1-3H3. The summed E-state index contributed by atoms with van der Waals surface area (Å²) in [5.74, 6) is 1.93. The lowest BCUT2D eigenvalue weighted by Crippen LogP contribution is -2.31. The van der Waals surface area contributed by atoms with Gasteiger partial charge in [0.05, 0.1) is 13.7 Å². The number of likely N-dealkylation sites (N-methyl/N-ethyl adjacent to an activating group) is 1. The third-order valence-corrected chi connectivity index (χ3v) is 3.99. The van der Waals surface area contributed by atoms with E-state index in [0.717, 1.165) is 16.9 Å². The van der Waals surface area contributed by atoms with Gasteiger partial charge >= 0.3 is 0 Å². The summed E-state index contributed by atoms with van der Waals surface area (Å²) in [5.41, 5.74) is 2.00. The average molecular weight is 367 g/mol. The molecule has 1 heterocycles. The second kappa shape index (κ2) is 8.35. The van der Waals surface area contributed by atoms with Crippen LogP contribution >= 0.6 is 0 Å². The summed E-state index contributed by atoms with van der Waals surface area (Å²) in [6, 6.07) is 14.8. The summed E-state index contributed by atoms with van der Waals surface area (Å²) in [4.78, 5) is 13.7. The van der Waals surface area contributed by atoms with Crippen molar-refractivity contribution in [2.24, 2.45) is 0 Å². The van der Waals surface area contributed by atoms with Crippen molar-refractivity contribution < 1.29 is 18.7 Å². The van der Waals surface area contributed by atoms with E-state index >= 15 is 0 Å². The van der Waals surface area contributed by atoms with E-state index in [-0.39, 0.29) is 19.1 Å². The predicted molar refractivity (Wildman–Crippen MR) is 99.4 cm³/mol. The second-order valence-corrected chi connectivity index (χ2v) is 6.08. The molecule has 0 aliphatic rings. The molecule has 0 unspecified atom stereocenters. The van der Waals surface area contributed by atoms with Crippen LogP contribution < -0.4 is 9.47 Å². The number of nitrogens with zero attached hydrogens (tertiary/aromatic N) is 3. The van der Waals surface area contributed by atoms with Crippen LogP contribution in [0.15, 0.2) is 52.9 Å². The quantitative estimate of drug-likeness (QED) is 0.639. The second-order valence-electron chi connectivity index (χ2n) is 6.08. The molecule has 0 saturated carbocycles. The zero-order chi connectivity index (χ0) is 19.2. The van der Waals surface area contributed by atoms with Crippen molar-refractivity contribution in [1.29, 1.82) is 0 Å². The summed E-state index contributed by atoms with van der Waals surface area (Å²) in [5, 5.41) is 8.05. The van der Waals surface area contributed by atoms with Crippen molar-refractivity contribution in [3.05, 3.63) is 60.0 Å². The Morgan fingerprint density at radius 2 is 1.70 bits per heavy atom. The fourth-order valence-electron chi connectivity index (χ4n) is 2.35. The van der Waals surface area contributed by atoms with Gasteiger partial charge < -0.3 is 18.8 Å². The maximum atomic E-state index is 12.2. The number of carbonyl (C=O) groups excluding carboxylic acids is 1. The Kier molecular flexibility index (Phi) is 5.71. The molecule has 1 amide bonds. The normalized spacial score (nSPS) is 10.5. The van der Waals surface area contributed by atoms with Crippen molar-refractivity contribution in [3.8, 4) is 23.0 Å². The van der Waals surface area contributed by atoms with Gasteiger partial charge in [0.1, 0.15) is 11.5 Å². The summed E-state index contributed by atoms with van der Waals surface area (Å²) < 4.78 is 16.2. The number of ether oxygens (including phenoxy) is 2. The van der Waals surface area contributed by atoms with Crippen LogP contribution in [-0.2, 0) is 11.3 Å². The van der Waals surface area contributed by atoms with Crippen molar-refractivity contribution in [2.45, 2.75) is 13.5 Å². The minimum absolute atomic E-state index is 0.0816. The monoisotopic (exact) mass is 367 g/mol. The molecule has 0 bridgehead atoms. The molecule has 0 radical (unpaired) electrons. The minimum Gasteiger partial charge on any atom is -0.497 e. The molecule has 0 spiro atoms. The number of rotatable bonds is 7. The highest BCUT2D eigenvalue weighted by molar-refractivity contribution is 5.77. The summed E-state index contributed by atoms with van der Waals surface area (Å²) in [6.45, 7) is 2.14. The van der Waals surface area contributed by atoms with Gasteiger partial charge in [-0.1, -0.05) is 17.7 Å². The van der Waals surface area contributed by atoms with Crippen molar-refractivity contribution >= 4 is 5.91 Å². The molecule has 3 rings (SSSR count). The van der Waals surface area contributed by atoms with Crippen LogP contribution in [0.2, 0.25) is 0 Å². The van der Waals surface area contributed by atoms with Gasteiger partial charge in [-0.2, -0.15) is 0 Å². The molecule has 0 fully saturated rings.